The third-order valence-electron chi connectivity index (χ3n) is 9.36. The van der Waals surface area contributed by atoms with Crippen LogP contribution < -0.4 is 32.7 Å². The molecule has 0 aliphatic rings. The summed E-state index contributed by atoms with van der Waals surface area (Å²) in [7, 11) is 0. The molecule has 0 aliphatic carbocycles. The van der Waals surface area contributed by atoms with Crippen molar-refractivity contribution in [2.75, 3.05) is 32.7 Å². The molecule has 0 aliphatic heterocycles. The Balaban J connectivity index is 3.85. The van der Waals surface area contributed by atoms with E-state index in [2.05, 4.69) is 98.2 Å². The maximum absolute atomic E-state index is 12.3. The van der Waals surface area contributed by atoms with Gasteiger partial charge in [-0.2, -0.15) is 0 Å². The molecule has 0 saturated carbocycles. The second-order valence-corrected chi connectivity index (χ2v) is 15.4. The molecule has 3 amide bonds. The Morgan fingerprint density at radius 3 is 1.64 bits per heavy atom. The lowest BCUT2D eigenvalue weighted by molar-refractivity contribution is -0.128. The summed E-state index contributed by atoms with van der Waals surface area (Å²) in [6, 6.07) is -0.553. The van der Waals surface area contributed by atoms with Crippen LogP contribution in [0.1, 0.15) is 164 Å². The lowest BCUT2D eigenvalue weighted by atomic mass is 10.0. The van der Waals surface area contributed by atoms with Crippen LogP contribution in [0.5, 0.6) is 0 Å². The van der Waals surface area contributed by atoms with E-state index in [-0.39, 0.29) is 23.7 Å². The molecule has 0 bridgehead atoms. The minimum Gasteiger partial charge on any atom is -0.370 e. The number of nitrogens with zero attached hydrogens (tertiary/aromatic N) is 1. The maximum Gasteiger partial charge on any atom is 0.242 e. The number of hydrogen-bond donors (Lipinski definition) is 6. The van der Waals surface area contributed by atoms with Crippen molar-refractivity contribution in [2.24, 2.45) is 16.5 Å². The predicted molar refractivity (Wildman–Crippen MR) is 235 cm³/mol. The molecule has 8 N–H and O–H groups in total. The van der Waals surface area contributed by atoms with Crippen molar-refractivity contribution >= 4 is 23.7 Å². The van der Waals surface area contributed by atoms with Crippen molar-refractivity contribution in [3.63, 3.8) is 0 Å². The van der Waals surface area contributed by atoms with Gasteiger partial charge in [0.15, 0.2) is 5.96 Å². The molecular formula is C45H81N7O3. The average molecular weight is 768 g/mol. The first-order valence-corrected chi connectivity index (χ1v) is 21.2. The van der Waals surface area contributed by atoms with Gasteiger partial charge in [-0.25, -0.2) is 0 Å². The summed E-state index contributed by atoms with van der Waals surface area (Å²) in [6.45, 7) is 18.4. The fraction of sp³-hybridized carbons (Fsp3) is 0.689. The molecule has 0 rings (SSSR count). The summed E-state index contributed by atoms with van der Waals surface area (Å²) >= 11 is 0. The zero-order valence-corrected chi connectivity index (χ0v) is 36.1. The van der Waals surface area contributed by atoms with Gasteiger partial charge in [0.1, 0.15) is 6.04 Å². The molecule has 0 heterocycles. The monoisotopic (exact) mass is 768 g/mol. The Kier molecular flexibility index (Phi) is 32.5. The molecule has 0 fully saturated rings. The van der Waals surface area contributed by atoms with Crippen molar-refractivity contribution in [1.82, 2.24) is 21.3 Å². The molecule has 0 radical (unpaired) electrons. The van der Waals surface area contributed by atoms with Crippen LogP contribution in [0, 0.1) is 0 Å². The number of amides is 3. The van der Waals surface area contributed by atoms with Crippen LogP contribution in [-0.2, 0) is 14.4 Å². The maximum atomic E-state index is 12.3. The number of hydrogen-bond acceptors (Lipinski definition) is 5. The minimum atomic E-state index is -0.553. The molecule has 0 spiro atoms. The van der Waals surface area contributed by atoms with Gasteiger partial charge >= 0.3 is 0 Å². The smallest absolute Gasteiger partial charge is 0.242 e. The number of carbonyl (C=O) groups is 3. The first-order chi connectivity index (χ1) is 26.3. The standard InChI is InChI=1S/C45H81N7O3/c1-36(2)20-16-23-39(5)26-17-24-37(3)21-11-12-22-38(4)25-18-27-40(6)29-30-42(53)49-35-19-32-48-31-14-15-33-50-44(55)41(7)52-43(54)28-10-8-9-13-34-51-45(46)47/h20-22,26-27,41,48H,8-19,23-25,28-35H2,1-7H3,(H,49,53)(H,50,55)(H,52,54)(H4,46,47,51)/b37-21?,38-22?,39-26+,40-27?. The highest BCUT2D eigenvalue weighted by molar-refractivity contribution is 5.87. The topological polar surface area (TPSA) is 164 Å². The molecule has 0 aromatic rings. The molecule has 1 unspecified atom stereocenters. The van der Waals surface area contributed by atoms with Gasteiger partial charge < -0.3 is 32.7 Å². The fourth-order valence-electron chi connectivity index (χ4n) is 5.79. The summed E-state index contributed by atoms with van der Waals surface area (Å²) in [5, 5.41) is 12.1. The third kappa shape index (κ3) is 35.8. The number of unbranched alkanes of at least 4 members (excludes halogenated alkanes) is 5. The Bertz CT molecular complexity index is 1250. The van der Waals surface area contributed by atoms with E-state index in [9.17, 15) is 14.4 Å². The number of rotatable bonds is 33. The van der Waals surface area contributed by atoms with E-state index in [0.717, 1.165) is 116 Å². The second-order valence-electron chi connectivity index (χ2n) is 15.4. The van der Waals surface area contributed by atoms with E-state index >= 15 is 0 Å². The van der Waals surface area contributed by atoms with E-state index in [1.165, 1.54) is 27.9 Å². The van der Waals surface area contributed by atoms with Crippen molar-refractivity contribution in [3.05, 3.63) is 58.2 Å². The Hall–Kier alpha value is -3.66. The highest BCUT2D eigenvalue weighted by Gasteiger charge is 2.14. The lowest BCUT2D eigenvalue weighted by Crippen LogP contribution is -2.45. The van der Waals surface area contributed by atoms with Crippen LogP contribution >= 0.6 is 0 Å². The van der Waals surface area contributed by atoms with E-state index in [1.54, 1.807) is 6.92 Å². The van der Waals surface area contributed by atoms with Gasteiger partial charge in [-0.05, 0) is 151 Å². The highest BCUT2D eigenvalue weighted by atomic mass is 16.2. The van der Waals surface area contributed by atoms with E-state index in [0.29, 0.717) is 32.5 Å². The molecule has 1 atom stereocenters. The number of aliphatic imine (C=N–C) groups is 1. The molecule has 0 saturated heterocycles. The zero-order valence-electron chi connectivity index (χ0n) is 36.1. The van der Waals surface area contributed by atoms with Crippen molar-refractivity contribution < 1.29 is 14.4 Å². The SMILES string of the molecule is CC(C)=CCC/C(C)=C/CCC(C)=CCCC=C(C)CCC=C(C)CCC(=O)NCCCNCCCCNC(=O)C(C)NC(=O)CCCCCCN=C(N)N. The number of carbonyl (C=O) groups excluding carboxylic acids is 3. The van der Waals surface area contributed by atoms with Crippen LogP contribution in [0.25, 0.3) is 0 Å². The fourth-order valence-corrected chi connectivity index (χ4v) is 5.79. The van der Waals surface area contributed by atoms with Gasteiger partial charge in [0.2, 0.25) is 17.7 Å². The summed E-state index contributed by atoms with van der Waals surface area (Å²) < 4.78 is 0. The number of nitrogens with two attached hydrogens (primary N) is 2. The summed E-state index contributed by atoms with van der Waals surface area (Å²) in [4.78, 5) is 40.7. The van der Waals surface area contributed by atoms with Gasteiger partial charge in [0.25, 0.3) is 0 Å². The lowest BCUT2D eigenvalue weighted by Gasteiger charge is -2.14. The number of allylic oxidation sites excluding steroid dienone is 10. The number of guanidine groups is 1. The second kappa shape index (κ2) is 34.8. The molecule has 10 heteroatoms. The largest absolute Gasteiger partial charge is 0.370 e. The van der Waals surface area contributed by atoms with Crippen LogP contribution in [0.4, 0.5) is 0 Å². The van der Waals surface area contributed by atoms with Gasteiger partial charge in [0, 0.05) is 32.5 Å². The zero-order chi connectivity index (χ0) is 41.1. The molecule has 55 heavy (non-hydrogen) atoms. The predicted octanol–water partition coefficient (Wildman–Crippen LogP) is 8.36. The molecule has 314 valence electrons. The van der Waals surface area contributed by atoms with Gasteiger partial charge in [-0.3, -0.25) is 19.4 Å². The molecule has 0 aromatic heterocycles. The highest BCUT2D eigenvalue weighted by Crippen LogP contribution is 2.14. The quantitative estimate of drug-likeness (QED) is 0.0170. The molecule has 10 nitrogen and oxygen atoms in total. The van der Waals surface area contributed by atoms with Crippen LogP contribution in [0.3, 0.4) is 0 Å². The van der Waals surface area contributed by atoms with E-state index in [1.807, 2.05) is 0 Å². The van der Waals surface area contributed by atoms with Crippen LogP contribution in [-0.4, -0.2) is 62.4 Å². The van der Waals surface area contributed by atoms with Crippen LogP contribution in [0.2, 0.25) is 0 Å². The van der Waals surface area contributed by atoms with Crippen molar-refractivity contribution in [1.29, 1.82) is 0 Å². The third-order valence-corrected chi connectivity index (χ3v) is 9.36. The van der Waals surface area contributed by atoms with Gasteiger partial charge in [-0.1, -0.05) is 71.1 Å². The Morgan fingerprint density at radius 1 is 0.527 bits per heavy atom. The Morgan fingerprint density at radius 2 is 1.04 bits per heavy atom. The molecule has 0 aromatic carbocycles. The summed E-state index contributed by atoms with van der Waals surface area (Å²) in [5.41, 5.74) is 17.7. The molecular weight excluding hydrogens is 687 g/mol. The van der Waals surface area contributed by atoms with Crippen molar-refractivity contribution in [3.8, 4) is 0 Å². The number of nitrogens with one attached hydrogen (secondary N) is 4. The van der Waals surface area contributed by atoms with E-state index < -0.39 is 6.04 Å². The van der Waals surface area contributed by atoms with Gasteiger partial charge in [0.05, 0.1) is 0 Å². The first-order valence-electron chi connectivity index (χ1n) is 21.2. The normalized spacial score (nSPS) is 12.9. The van der Waals surface area contributed by atoms with Gasteiger partial charge in [-0.15, -0.1) is 0 Å². The van der Waals surface area contributed by atoms with E-state index in [4.69, 9.17) is 11.5 Å². The minimum absolute atomic E-state index is 0.104. The van der Waals surface area contributed by atoms with Crippen LogP contribution in [0.15, 0.2) is 63.2 Å². The Labute approximate surface area is 336 Å². The summed E-state index contributed by atoms with van der Waals surface area (Å²) in [6.07, 6.45) is 28.6. The average Bonchev–Trinajstić information content (AvgIpc) is 3.12. The first kappa shape index (κ1) is 51.3. The summed E-state index contributed by atoms with van der Waals surface area (Å²) in [5.74, 6) is -0.0602. The van der Waals surface area contributed by atoms with Crippen molar-refractivity contribution in [2.45, 2.75) is 170 Å².